The third-order valence-electron chi connectivity index (χ3n) is 6.70. The molecular formula is C26H31F2NO5S. The van der Waals surface area contributed by atoms with E-state index in [2.05, 4.69) is 0 Å². The third-order valence-corrected chi connectivity index (χ3v) is 7.82. The molecule has 6 nitrogen and oxygen atoms in total. The Hall–Kier alpha value is -2.68. The predicted octanol–water partition coefficient (Wildman–Crippen LogP) is 5.59. The monoisotopic (exact) mass is 507 g/mol. The standard InChI is InChI=1S/C26H31F2NO5S/c1-25(2,3)34-24(30)29-11-9-26(10-12-29)15-19(16-26)33-23-21(27)13-18(14-22(23)28)17-5-7-20(8-6-17)35(4,31)32/h5-8,13-14,19H,9-12,15-16H2,1-4H3. The van der Waals surface area contributed by atoms with Crippen LogP contribution in [0.2, 0.25) is 0 Å². The number of halogens is 2. The minimum atomic E-state index is -3.36. The highest BCUT2D eigenvalue weighted by Gasteiger charge is 2.48. The van der Waals surface area contributed by atoms with Gasteiger partial charge in [0.05, 0.1) is 4.90 Å². The average molecular weight is 508 g/mol. The second-order valence-electron chi connectivity index (χ2n) is 10.7. The molecule has 0 radical (unpaired) electrons. The van der Waals surface area contributed by atoms with E-state index >= 15 is 0 Å². The molecule has 0 aromatic heterocycles. The van der Waals surface area contributed by atoms with Gasteiger partial charge < -0.3 is 14.4 Å². The minimum Gasteiger partial charge on any atom is -0.484 e. The summed E-state index contributed by atoms with van der Waals surface area (Å²) < 4.78 is 63.9. The van der Waals surface area contributed by atoms with Gasteiger partial charge in [-0.1, -0.05) is 12.1 Å². The van der Waals surface area contributed by atoms with Crippen molar-refractivity contribution in [1.82, 2.24) is 4.90 Å². The smallest absolute Gasteiger partial charge is 0.410 e. The molecule has 2 aliphatic rings. The van der Waals surface area contributed by atoms with E-state index < -0.39 is 32.8 Å². The van der Waals surface area contributed by atoms with Gasteiger partial charge in [0.2, 0.25) is 0 Å². The molecular weight excluding hydrogens is 476 g/mol. The number of ether oxygens (including phenoxy) is 2. The van der Waals surface area contributed by atoms with Crippen LogP contribution in [-0.4, -0.2) is 50.5 Å². The van der Waals surface area contributed by atoms with Crippen molar-refractivity contribution in [2.45, 2.75) is 63.1 Å². The summed E-state index contributed by atoms with van der Waals surface area (Å²) in [6.07, 6.45) is 3.48. The molecule has 1 aliphatic carbocycles. The summed E-state index contributed by atoms with van der Waals surface area (Å²) in [6, 6.07) is 8.25. The number of hydrogen-bond acceptors (Lipinski definition) is 5. The highest BCUT2D eigenvalue weighted by molar-refractivity contribution is 7.90. The normalized spacial score (nSPS) is 18.3. The molecule has 1 spiro atoms. The maximum atomic E-state index is 14.8. The Morgan fingerprint density at radius 3 is 2.03 bits per heavy atom. The summed E-state index contributed by atoms with van der Waals surface area (Å²) in [5.74, 6) is -1.99. The van der Waals surface area contributed by atoms with Gasteiger partial charge in [0.15, 0.2) is 27.2 Å². The van der Waals surface area contributed by atoms with E-state index in [4.69, 9.17) is 9.47 Å². The SMILES string of the molecule is CC(C)(C)OC(=O)N1CCC2(CC1)CC(Oc1c(F)cc(-c3ccc(S(C)(=O)=O)cc3)cc1F)C2. The predicted molar refractivity (Wildman–Crippen MR) is 128 cm³/mol. The van der Waals surface area contributed by atoms with Gasteiger partial charge in [-0.15, -0.1) is 0 Å². The lowest BCUT2D eigenvalue weighted by Gasteiger charge is -2.51. The number of amides is 1. The summed E-state index contributed by atoms with van der Waals surface area (Å²) in [6.45, 7) is 6.70. The maximum absolute atomic E-state index is 14.8. The van der Waals surface area contributed by atoms with E-state index in [1.54, 1.807) is 4.90 Å². The van der Waals surface area contributed by atoms with E-state index in [0.29, 0.717) is 37.1 Å². The fraction of sp³-hybridized carbons (Fsp3) is 0.500. The molecule has 1 aliphatic heterocycles. The van der Waals surface area contributed by atoms with Gasteiger partial charge in [0, 0.05) is 19.3 Å². The molecule has 0 bridgehead atoms. The Bertz CT molecular complexity index is 1180. The number of rotatable bonds is 4. The summed E-state index contributed by atoms with van der Waals surface area (Å²) >= 11 is 0. The molecule has 35 heavy (non-hydrogen) atoms. The molecule has 1 saturated heterocycles. The largest absolute Gasteiger partial charge is 0.484 e. The van der Waals surface area contributed by atoms with Crippen LogP contribution in [0.1, 0.15) is 46.5 Å². The Kier molecular flexibility index (Phi) is 6.59. The van der Waals surface area contributed by atoms with Crippen LogP contribution in [0.15, 0.2) is 41.3 Å². The Morgan fingerprint density at radius 2 is 1.54 bits per heavy atom. The summed E-state index contributed by atoms with van der Waals surface area (Å²) in [4.78, 5) is 14.1. The number of nitrogens with zero attached hydrogens (tertiary/aromatic N) is 1. The van der Waals surface area contributed by atoms with Gasteiger partial charge in [-0.2, -0.15) is 0 Å². The number of carbonyl (C=O) groups excluding carboxylic acids is 1. The van der Waals surface area contributed by atoms with Crippen LogP contribution in [0.25, 0.3) is 11.1 Å². The molecule has 1 saturated carbocycles. The zero-order chi connectivity index (χ0) is 25.6. The van der Waals surface area contributed by atoms with Crippen molar-refractivity contribution in [3.63, 3.8) is 0 Å². The van der Waals surface area contributed by atoms with Crippen LogP contribution in [0.5, 0.6) is 5.75 Å². The molecule has 2 fully saturated rings. The van der Waals surface area contributed by atoms with Crippen LogP contribution in [-0.2, 0) is 14.6 Å². The van der Waals surface area contributed by atoms with Crippen molar-refractivity contribution < 1.29 is 31.5 Å². The van der Waals surface area contributed by atoms with E-state index in [1.165, 1.54) is 36.4 Å². The Labute approximate surface area is 205 Å². The number of sulfone groups is 1. The zero-order valence-electron chi connectivity index (χ0n) is 20.4. The fourth-order valence-corrected chi connectivity index (χ4v) is 5.42. The van der Waals surface area contributed by atoms with E-state index in [0.717, 1.165) is 19.1 Å². The zero-order valence-corrected chi connectivity index (χ0v) is 21.3. The second kappa shape index (κ2) is 9.08. The molecule has 190 valence electrons. The van der Waals surface area contributed by atoms with Crippen molar-refractivity contribution >= 4 is 15.9 Å². The number of likely N-dealkylation sites (tertiary alicyclic amines) is 1. The quantitative estimate of drug-likeness (QED) is 0.539. The molecule has 9 heteroatoms. The maximum Gasteiger partial charge on any atom is 0.410 e. The van der Waals surface area contributed by atoms with Crippen molar-refractivity contribution in [3.8, 4) is 16.9 Å². The van der Waals surface area contributed by atoms with Gasteiger partial charge in [-0.3, -0.25) is 0 Å². The molecule has 0 atom stereocenters. The van der Waals surface area contributed by atoms with E-state index in [1.807, 2.05) is 20.8 Å². The van der Waals surface area contributed by atoms with Gasteiger partial charge in [0.25, 0.3) is 0 Å². The van der Waals surface area contributed by atoms with E-state index in [-0.39, 0.29) is 22.5 Å². The molecule has 1 amide bonds. The van der Waals surface area contributed by atoms with Crippen molar-refractivity contribution in [2.75, 3.05) is 19.3 Å². The molecule has 2 aromatic rings. The molecule has 0 N–H and O–H groups in total. The van der Waals surface area contributed by atoms with Crippen LogP contribution >= 0.6 is 0 Å². The Balaban J connectivity index is 1.35. The highest BCUT2D eigenvalue weighted by atomic mass is 32.2. The minimum absolute atomic E-state index is 0.0252. The molecule has 4 rings (SSSR count). The lowest BCUT2D eigenvalue weighted by Crippen LogP contribution is -2.52. The first-order valence-corrected chi connectivity index (χ1v) is 13.6. The first-order chi connectivity index (χ1) is 16.2. The van der Waals surface area contributed by atoms with Crippen LogP contribution in [0, 0.1) is 17.0 Å². The number of carbonyl (C=O) groups is 1. The van der Waals surface area contributed by atoms with Crippen LogP contribution in [0.3, 0.4) is 0 Å². The summed E-state index contributed by atoms with van der Waals surface area (Å²) in [7, 11) is -3.36. The average Bonchev–Trinajstić information content (AvgIpc) is 2.73. The lowest BCUT2D eigenvalue weighted by molar-refractivity contribution is -0.0605. The first kappa shape index (κ1) is 25.4. The molecule has 2 aromatic carbocycles. The van der Waals surface area contributed by atoms with Gasteiger partial charge in [-0.05, 0) is 87.3 Å². The lowest BCUT2D eigenvalue weighted by atomic mass is 9.61. The molecule has 0 unspecified atom stereocenters. The van der Waals surface area contributed by atoms with E-state index in [9.17, 15) is 22.0 Å². The number of benzene rings is 2. The Morgan fingerprint density at radius 1 is 1.00 bits per heavy atom. The first-order valence-electron chi connectivity index (χ1n) is 11.7. The fourth-order valence-electron chi connectivity index (χ4n) is 4.79. The third kappa shape index (κ3) is 5.77. The van der Waals surface area contributed by atoms with Gasteiger partial charge in [-0.25, -0.2) is 22.0 Å². The number of hydrogen-bond donors (Lipinski definition) is 0. The van der Waals surface area contributed by atoms with Crippen molar-refractivity contribution in [1.29, 1.82) is 0 Å². The highest BCUT2D eigenvalue weighted by Crippen LogP contribution is 2.51. The van der Waals surface area contributed by atoms with Gasteiger partial charge >= 0.3 is 6.09 Å². The summed E-state index contributed by atoms with van der Waals surface area (Å²) in [5, 5.41) is 0. The number of piperidine rings is 1. The van der Waals surface area contributed by atoms with Gasteiger partial charge in [0.1, 0.15) is 11.7 Å². The van der Waals surface area contributed by atoms with Crippen molar-refractivity contribution in [2.24, 2.45) is 5.41 Å². The van der Waals surface area contributed by atoms with Crippen LogP contribution in [0.4, 0.5) is 13.6 Å². The summed E-state index contributed by atoms with van der Waals surface area (Å²) in [5.41, 5.74) is 0.288. The second-order valence-corrected chi connectivity index (χ2v) is 12.7. The topological polar surface area (TPSA) is 72.9 Å². The van der Waals surface area contributed by atoms with Crippen LogP contribution < -0.4 is 4.74 Å². The van der Waals surface area contributed by atoms with Crippen molar-refractivity contribution in [3.05, 3.63) is 48.0 Å². The molecule has 1 heterocycles.